The Hall–Kier alpha value is -3.22. The van der Waals surface area contributed by atoms with Gasteiger partial charge in [0, 0.05) is 38.8 Å². The second kappa shape index (κ2) is 8.67. The maximum absolute atomic E-state index is 13.3. The Labute approximate surface area is 211 Å². The summed E-state index contributed by atoms with van der Waals surface area (Å²) in [6, 6.07) is 1.14. The molecule has 10 nitrogen and oxygen atoms in total. The number of aromatic nitrogens is 6. The summed E-state index contributed by atoms with van der Waals surface area (Å²) in [4.78, 5) is 30.1. The van der Waals surface area contributed by atoms with Crippen LogP contribution < -0.4 is 15.4 Å². The van der Waals surface area contributed by atoms with Crippen molar-refractivity contribution in [2.75, 3.05) is 49.2 Å². The summed E-state index contributed by atoms with van der Waals surface area (Å²) in [5.41, 5.74) is -0.427. The van der Waals surface area contributed by atoms with Crippen molar-refractivity contribution in [3.05, 3.63) is 34.1 Å². The number of halogens is 3. The minimum atomic E-state index is -4.50. The van der Waals surface area contributed by atoms with Gasteiger partial charge in [-0.1, -0.05) is 0 Å². The van der Waals surface area contributed by atoms with Gasteiger partial charge in [-0.05, 0) is 38.5 Å². The molecule has 198 valence electrons. The molecule has 6 rings (SSSR count). The second-order valence-corrected chi connectivity index (χ2v) is 10.3. The first-order chi connectivity index (χ1) is 17.7. The monoisotopic (exact) mass is 518 g/mol. The van der Waals surface area contributed by atoms with E-state index in [1.165, 1.54) is 6.92 Å². The average molecular weight is 519 g/mol. The van der Waals surface area contributed by atoms with Gasteiger partial charge in [0.15, 0.2) is 5.65 Å². The van der Waals surface area contributed by atoms with Crippen LogP contribution in [0.15, 0.2) is 17.1 Å². The summed E-state index contributed by atoms with van der Waals surface area (Å²) in [5.74, 6) is 1.10. The highest BCUT2D eigenvalue weighted by Gasteiger charge is 2.42. The molecule has 3 aromatic heterocycles. The fourth-order valence-electron chi connectivity index (χ4n) is 5.75. The number of fused-ring (bicyclic) bond motifs is 1. The number of hydrogen-bond donors (Lipinski definition) is 0. The number of rotatable bonds is 4. The molecule has 3 saturated heterocycles. The average Bonchev–Trinajstić information content (AvgIpc) is 3.43. The highest BCUT2D eigenvalue weighted by Crippen LogP contribution is 2.43. The molecule has 3 aliphatic heterocycles. The van der Waals surface area contributed by atoms with Gasteiger partial charge < -0.3 is 14.5 Å². The smallest absolute Gasteiger partial charge is 0.377 e. The lowest BCUT2D eigenvalue weighted by Crippen LogP contribution is -2.44. The summed E-state index contributed by atoms with van der Waals surface area (Å²) in [5, 5.41) is 4.93. The van der Waals surface area contributed by atoms with E-state index in [0.29, 0.717) is 68.7 Å². The van der Waals surface area contributed by atoms with Crippen molar-refractivity contribution in [3.8, 4) is 0 Å². The topological polar surface area (TPSA) is 94.2 Å². The molecule has 0 amide bonds. The van der Waals surface area contributed by atoms with E-state index in [2.05, 4.69) is 20.0 Å². The minimum Gasteiger partial charge on any atom is -0.377 e. The Balaban J connectivity index is 1.22. The zero-order chi connectivity index (χ0) is 25.9. The van der Waals surface area contributed by atoms with Crippen LogP contribution in [0.4, 0.5) is 24.9 Å². The molecular formula is C24H29F3N8O2. The molecule has 3 aliphatic rings. The van der Waals surface area contributed by atoms with E-state index in [4.69, 9.17) is 9.72 Å². The van der Waals surface area contributed by atoms with Crippen molar-refractivity contribution in [2.45, 2.75) is 51.9 Å². The number of ether oxygens (including phenoxy) is 1. The van der Waals surface area contributed by atoms with Crippen LogP contribution in [0.1, 0.15) is 43.7 Å². The predicted octanol–water partition coefficient (Wildman–Crippen LogP) is 2.80. The largest absolute Gasteiger partial charge is 0.433 e. The highest BCUT2D eigenvalue weighted by molar-refractivity contribution is 5.75. The van der Waals surface area contributed by atoms with E-state index < -0.39 is 11.9 Å². The first kappa shape index (κ1) is 24.1. The van der Waals surface area contributed by atoms with Crippen LogP contribution in [-0.2, 0) is 17.5 Å². The summed E-state index contributed by atoms with van der Waals surface area (Å²) in [7, 11) is 0. The van der Waals surface area contributed by atoms with Crippen LogP contribution in [0.25, 0.3) is 11.0 Å². The molecule has 6 heterocycles. The number of piperidine rings is 1. The van der Waals surface area contributed by atoms with Gasteiger partial charge in [0.2, 0.25) is 5.95 Å². The lowest BCUT2D eigenvalue weighted by atomic mass is 9.78. The molecule has 0 bridgehead atoms. The number of nitrogens with zero attached hydrogens (tertiary/aromatic N) is 8. The van der Waals surface area contributed by atoms with Crippen molar-refractivity contribution < 1.29 is 17.9 Å². The van der Waals surface area contributed by atoms with E-state index in [9.17, 15) is 18.0 Å². The zero-order valence-corrected chi connectivity index (χ0v) is 20.8. The first-order valence-corrected chi connectivity index (χ1v) is 12.7. The van der Waals surface area contributed by atoms with Gasteiger partial charge in [-0.15, -0.1) is 0 Å². The van der Waals surface area contributed by atoms with Gasteiger partial charge in [0.05, 0.1) is 19.4 Å². The van der Waals surface area contributed by atoms with Gasteiger partial charge >= 0.3 is 6.18 Å². The Morgan fingerprint density at radius 1 is 1.08 bits per heavy atom. The maximum atomic E-state index is 13.3. The lowest BCUT2D eigenvalue weighted by Gasteiger charge is -2.40. The van der Waals surface area contributed by atoms with E-state index >= 15 is 0 Å². The van der Waals surface area contributed by atoms with Crippen LogP contribution in [0, 0.1) is 12.3 Å². The first-order valence-electron chi connectivity index (χ1n) is 12.7. The molecule has 1 spiro atoms. The molecular weight excluding hydrogens is 489 g/mol. The molecule has 0 N–H and O–H groups in total. The van der Waals surface area contributed by atoms with Crippen molar-refractivity contribution in [1.82, 2.24) is 29.3 Å². The Morgan fingerprint density at radius 3 is 2.41 bits per heavy atom. The molecule has 0 atom stereocenters. The summed E-state index contributed by atoms with van der Waals surface area (Å²) in [6.07, 6.45) is -0.321. The van der Waals surface area contributed by atoms with Crippen LogP contribution in [0.2, 0.25) is 0 Å². The van der Waals surface area contributed by atoms with Gasteiger partial charge in [-0.2, -0.15) is 23.3 Å². The number of hydrogen-bond acceptors (Lipinski definition) is 8. The molecule has 0 aliphatic carbocycles. The third-order valence-electron chi connectivity index (χ3n) is 7.96. The van der Waals surface area contributed by atoms with Crippen LogP contribution in [-0.4, -0.2) is 68.7 Å². The highest BCUT2D eigenvalue weighted by atomic mass is 19.4. The Bertz CT molecular complexity index is 1390. The lowest BCUT2D eigenvalue weighted by molar-refractivity contribution is -0.141. The van der Waals surface area contributed by atoms with Crippen molar-refractivity contribution in [2.24, 2.45) is 5.41 Å². The minimum absolute atomic E-state index is 0.0137. The fourth-order valence-corrected chi connectivity index (χ4v) is 5.75. The molecule has 0 unspecified atom stereocenters. The summed E-state index contributed by atoms with van der Waals surface area (Å²) >= 11 is 0. The van der Waals surface area contributed by atoms with E-state index in [0.717, 1.165) is 25.3 Å². The van der Waals surface area contributed by atoms with Gasteiger partial charge in [0.1, 0.15) is 28.8 Å². The predicted molar refractivity (Wildman–Crippen MR) is 130 cm³/mol. The van der Waals surface area contributed by atoms with Crippen molar-refractivity contribution in [3.63, 3.8) is 0 Å². The van der Waals surface area contributed by atoms with E-state index in [-0.39, 0.29) is 22.8 Å². The van der Waals surface area contributed by atoms with E-state index in [1.54, 1.807) is 15.4 Å². The van der Waals surface area contributed by atoms with E-state index in [1.807, 2.05) is 11.8 Å². The Kier molecular flexibility index (Phi) is 5.66. The SMILES string of the molecule is CCn1c(N2CCC3(CCN(c4cc(C(F)(F)F)nc(C)n4)C3)CC2)nc2c(cnn2C2COC2)c1=O. The van der Waals surface area contributed by atoms with Gasteiger partial charge in [0.25, 0.3) is 5.56 Å². The number of aryl methyl sites for hydroxylation is 1. The molecule has 3 aromatic rings. The van der Waals surface area contributed by atoms with Gasteiger partial charge in [-0.25, -0.2) is 14.6 Å². The fraction of sp³-hybridized carbons (Fsp3) is 0.625. The normalized spacial score (nSPS) is 20.2. The molecule has 13 heteroatoms. The second-order valence-electron chi connectivity index (χ2n) is 10.3. The van der Waals surface area contributed by atoms with Crippen LogP contribution in [0.5, 0.6) is 0 Å². The number of alkyl halides is 3. The maximum Gasteiger partial charge on any atom is 0.433 e. The standard InChI is InChI=1S/C24H29F3N8O2/c1-3-34-21(36)17-11-28-35(16-12-37-13-16)20(17)31-22(34)32-7-4-23(5-8-32)6-9-33(14-23)19-10-18(24(25,26)27)29-15(2)30-19/h10-11,16H,3-9,12-14H2,1-2H3. The van der Waals surface area contributed by atoms with Crippen molar-refractivity contribution >= 4 is 22.8 Å². The number of anilines is 2. The quantitative estimate of drug-likeness (QED) is 0.521. The zero-order valence-electron chi connectivity index (χ0n) is 20.8. The third kappa shape index (κ3) is 4.12. The van der Waals surface area contributed by atoms with Gasteiger partial charge in [-0.3, -0.25) is 9.36 Å². The molecule has 0 aromatic carbocycles. The Morgan fingerprint density at radius 2 is 1.78 bits per heavy atom. The molecule has 3 fully saturated rings. The molecule has 0 radical (unpaired) electrons. The molecule has 37 heavy (non-hydrogen) atoms. The van der Waals surface area contributed by atoms with Crippen molar-refractivity contribution in [1.29, 1.82) is 0 Å². The van der Waals surface area contributed by atoms with Crippen LogP contribution >= 0.6 is 0 Å². The van der Waals surface area contributed by atoms with Crippen LogP contribution in [0.3, 0.4) is 0 Å². The molecule has 0 saturated carbocycles. The summed E-state index contributed by atoms with van der Waals surface area (Å²) in [6.45, 7) is 7.76. The third-order valence-corrected chi connectivity index (χ3v) is 7.96. The summed E-state index contributed by atoms with van der Waals surface area (Å²) < 4.78 is 48.7.